The molecule has 0 atom stereocenters. The predicted molar refractivity (Wildman–Crippen MR) is 117 cm³/mol. The number of ether oxygens (including phenoxy) is 3. The lowest BCUT2D eigenvalue weighted by atomic mass is 10.1. The van der Waals surface area contributed by atoms with Crippen molar-refractivity contribution in [3.05, 3.63) is 76.9 Å². The number of nitrogens with zero attached hydrogens (tertiary/aromatic N) is 1. The van der Waals surface area contributed by atoms with Crippen LogP contribution in [0.15, 0.2) is 48.5 Å². The van der Waals surface area contributed by atoms with Crippen LogP contribution >= 0.6 is 0 Å². The molecule has 3 rings (SSSR count). The molecule has 0 unspecified atom stereocenters. The number of carbonyl (C=O) groups is 3. The highest BCUT2D eigenvalue weighted by Gasteiger charge is 2.20. The zero-order chi connectivity index (χ0) is 24.1. The van der Waals surface area contributed by atoms with Gasteiger partial charge in [0.05, 0.1) is 12.7 Å². The Bertz CT molecular complexity index is 1220. The average Bonchev–Trinajstić information content (AvgIpc) is 3.09. The number of rotatable bonds is 9. The van der Waals surface area contributed by atoms with E-state index in [-0.39, 0.29) is 29.5 Å². The van der Waals surface area contributed by atoms with Crippen molar-refractivity contribution in [2.45, 2.75) is 13.8 Å². The Morgan fingerprint density at radius 1 is 1.00 bits per heavy atom. The molecule has 2 N–H and O–H groups in total. The highest BCUT2D eigenvalue weighted by atomic mass is 19.1. The molecule has 33 heavy (non-hydrogen) atoms. The van der Waals surface area contributed by atoms with Crippen LogP contribution in [0.4, 0.5) is 4.39 Å². The first-order valence-corrected chi connectivity index (χ1v) is 9.95. The summed E-state index contributed by atoms with van der Waals surface area (Å²) in [5, 5.41) is 0. The summed E-state index contributed by atoms with van der Waals surface area (Å²) in [5.74, 6) is -1.74. The van der Waals surface area contributed by atoms with Gasteiger partial charge in [-0.2, -0.15) is 0 Å². The van der Waals surface area contributed by atoms with E-state index in [0.717, 1.165) is 5.69 Å². The van der Waals surface area contributed by atoms with E-state index >= 15 is 0 Å². The molecule has 0 radical (unpaired) electrons. The standard InChI is InChI=1S/C24H23FN2O6/c1-14-9-19(15(2)27(14)18-6-4-5-17(25)11-18)20(28)12-33-24(30)16-7-8-21(22(10-16)31-3)32-13-23(26)29/h4-11H,12-13H2,1-3H3,(H2,26,29). The van der Waals surface area contributed by atoms with Crippen LogP contribution in [0.1, 0.15) is 32.1 Å². The molecular weight excluding hydrogens is 431 g/mol. The maximum Gasteiger partial charge on any atom is 0.338 e. The number of hydrogen-bond donors (Lipinski definition) is 1. The molecule has 0 saturated heterocycles. The molecule has 1 heterocycles. The van der Waals surface area contributed by atoms with Gasteiger partial charge in [0.15, 0.2) is 24.7 Å². The van der Waals surface area contributed by atoms with Crippen molar-refractivity contribution in [2.75, 3.05) is 20.3 Å². The lowest BCUT2D eigenvalue weighted by Crippen LogP contribution is -2.20. The molecule has 9 heteroatoms. The van der Waals surface area contributed by atoms with Crippen LogP contribution in [0.25, 0.3) is 5.69 Å². The molecule has 1 amide bonds. The molecule has 0 aliphatic heterocycles. The molecule has 2 aromatic carbocycles. The minimum atomic E-state index is -0.734. The van der Waals surface area contributed by atoms with Gasteiger partial charge in [0.25, 0.3) is 5.91 Å². The third kappa shape index (κ3) is 5.38. The van der Waals surface area contributed by atoms with E-state index in [9.17, 15) is 18.8 Å². The van der Waals surface area contributed by atoms with Gasteiger partial charge in [-0.15, -0.1) is 0 Å². The molecule has 3 aromatic rings. The molecule has 1 aromatic heterocycles. The fraction of sp³-hybridized carbons (Fsp3) is 0.208. The summed E-state index contributed by atoms with van der Waals surface area (Å²) in [5.41, 5.74) is 7.50. The smallest absolute Gasteiger partial charge is 0.338 e. The van der Waals surface area contributed by atoms with E-state index in [2.05, 4.69) is 0 Å². The van der Waals surface area contributed by atoms with Crippen LogP contribution in [-0.2, 0) is 9.53 Å². The van der Waals surface area contributed by atoms with Crippen LogP contribution in [0.3, 0.4) is 0 Å². The van der Waals surface area contributed by atoms with Crippen molar-refractivity contribution in [3.8, 4) is 17.2 Å². The average molecular weight is 454 g/mol. The first-order valence-electron chi connectivity index (χ1n) is 9.95. The maximum absolute atomic E-state index is 13.6. The number of amides is 1. The van der Waals surface area contributed by atoms with Crippen LogP contribution < -0.4 is 15.2 Å². The number of ketones is 1. The Labute approximate surface area is 189 Å². The fourth-order valence-electron chi connectivity index (χ4n) is 3.41. The van der Waals surface area contributed by atoms with Gasteiger partial charge in [-0.1, -0.05) is 6.07 Å². The molecule has 0 spiro atoms. The Morgan fingerprint density at radius 2 is 1.76 bits per heavy atom. The fourth-order valence-corrected chi connectivity index (χ4v) is 3.41. The minimum Gasteiger partial charge on any atom is -0.493 e. The predicted octanol–water partition coefficient (Wildman–Crippen LogP) is 3.15. The largest absolute Gasteiger partial charge is 0.493 e. The lowest BCUT2D eigenvalue weighted by Gasteiger charge is -2.11. The highest BCUT2D eigenvalue weighted by molar-refractivity contribution is 6.00. The Kier molecular flexibility index (Phi) is 7.12. The van der Waals surface area contributed by atoms with E-state index in [1.54, 1.807) is 36.6 Å². The summed E-state index contributed by atoms with van der Waals surface area (Å²) in [7, 11) is 1.37. The summed E-state index contributed by atoms with van der Waals surface area (Å²) in [6, 6.07) is 11.9. The number of nitrogens with two attached hydrogens (primary N) is 1. The highest BCUT2D eigenvalue weighted by Crippen LogP contribution is 2.28. The number of primary amides is 1. The number of halogens is 1. The topological polar surface area (TPSA) is 110 Å². The summed E-state index contributed by atoms with van der Waals surface area (Å²) in [6.07, 6.45) is 0. The SMILES string of the molecule is COc1cc(C(=O)OCC(=O)c2cc(C)n(-c3cccc(F)c3)c2C)ccc1OCC(N)=O. The van der Waals surface area contributed by atoms with E-state index in [0.29, 0.717) is 16.9 Å². The van der Waals surface area contributed by atoms with Gasteiger partial charge in [0.1, 0.15) is 5.82 Å². The lowest BCUT2D eigenvalue weighted by molar-refractivity contribution is -0.119. The van der Waals surface area contributed by atoms with E-state index in [4.69, 9.17) is 19.9 Å². The molecule has 0 aliphatic carbocycles. The third-order valence-electron chi connectivity index (χ3n) is 4.90. The molecule has 0 saturated carbocycles. The second-order valence-electron chi connectivity index (χ2n) is 7.22. The molecule has 8 nitrogen and oxygen atoms in total. The first-order chi connectivity index (χ1) is 15.7. The van der Waals surface area contributed by atoms with Gasteiger partial charge in [-0.25, -0.2) is 9.18 Å². The quantitative estimate of drug-likeness (QED) is 0.393. The molecule has 0 fully saturated rings. The number of carbonyl (C=O) groups excluding carboxylic acids is 3. The second kappa shape index (κ2) is 9.99. The van der Waals surface area contributed by atoms with Crippen molar-refractivity contribution >= 4 is 17.7 Å². The van der Waals surface area contributed by atoms with Crippen LogP contribution in [-0.4, -0.2) is 42.6 Å². The van der Waals surface area contributed by atoms with Crippen LogP contribution in [0.5, 0.6) is 11.5 Å². The van der Waals surface area contributed by atoms with Gasteiger partial charge in [-0.05, 0) is 56.3 Å². The zero-order valence-corrected chi connectivity index (χ0v) is 18.4. The first kappa shape index (κ1) is 23.5. The Balaban J connectivity index is 1.72. The number of methoxy groups -OCH3 is 1. The maximum atomic E-state index is 13.6. The summed E-state index contributed by atoms with van der Waals surface area (Å²) in [6.45, 7) is 2.72. The number of esters is 1. The normalized spacial score (nSPS) is 10.5. The number of benzene rings is 2. The minimum absolute atomic E-state index is 0.135. The zero-order valence-electron chi connectivity index (χ0n) is 18.4. The molecule has 172 valence electrons. The van der Waals surface area contributed by atoms with Crippen molar-refractivity contribution in [1.29, 1.82) is 0 Å². The number of aryl methyl sites for hydroxylation is 1. The number of Topliss-reactive ketones (excluding diaryl/α,β-unsaturated/α-hetero) is 1. The Morgan fingerprint density at radius 3 is 2.42 bits per heavy atom. The van der Waals surface area contributed by atoms with Crippen molar-refractivity contribution in [2.24, 2.45) is 5.73 Å². The van der Waals surface area contributed by atoms with Crippen LogP contribution in [0.2, 0.25) is 0 Å². The van der Waals surface area contributed by atoms with E-state index in [1.807, 2.05) is 0 Å². The van der Waals surface area contributed by atoms with Crippen molar-refractivity contribution < 1.29 is 33.0 Å². The second-order valence-corrected chi connectivity index (χ2v) is 7.22. The summed E-state index contributed by atoms with van der Waals surface area (Å²) in [4.78, 5) is 36.1. The molecule has 0 aliphatic rings. The van der Waals surface area contributed by atoms with Crippen molar-refractivity contribution in [3.63, 3.8) is 0 Å². The van der Waals surface area contributed by atoms with Gasteiger partial charge < -0.3 is 24.5 Å². The molecule has 0 bridgehead atoms. The van der Waals surface area contributed by atoms with E-state index in [1.165, 1.54) is 37.4 Å². The van der Waals surface area contributed by atoms with Gasteiger partial charge in [0, 0.05) is 22.6 Å². The van der Waals surface area contributed by atoms with Crippen LogP contribution in [0, 0.1) is 19.7 Å². The monoisotopic (exact) mass is 454 g/mol. The van der Waals surface area contributed by atoms with Gasteiger partial charge in [-0.3, -0.25) is 9.59 Å². The third-order valence-corrected chi connectivity index (χ3v) is 4.90. The van der Waals surface area contributed by atoms with E-state index < -0.39 is 24.3 Å². The van der Waals surface area contributed by atoms with Gasteiger partial charge >= 0.3 is 5.97 Å². The number of aromatic nitrogens is 1. The number of hydrogen-bond acceptors (Lipinski definition) is 6. The van der Waals surface area contributed by atoms with Gasteiger partial charge in [0.2, 0.25) is 5.78 Å². The van der Waals surface area contributed by atoms with Crippen molar-refractivity contribution in [1.82, 2.24) is 4.57 Å². The summed E-state index contributed by atoms with van der Waals surface area (Å²) < 4.78 is 31.0. The summed E-state index contributed by atoms with van der Waals surface area (Å²) >= 11 is 0. The molecular formula is C24H23FN2O6. The Hall–Kier alpha value is -4.14.